The number of thioether (sulfide) groups is 1. The molecule has 3 heterocycles. The normalized spacial score (nSPS) is 21.9. The molecule has 2 aromatic heterocycles. The van der Waals surface area contributed by atoms with E-state index in [0.29, 0.717) is 17.8 Å². The SMILES string of the molecule is CCNC1CSCC1c1nc(-c2ncc(C)cc2C)no1. The summed E-state index contributed by atoms with van der Waals surface area (Å²) in [5.41, 5.74) is 3.02. The molecule has 5 nitrogen and oxygen atoms in total. The van der Waals surface area contributed by atoms with Gasteiger partial charge in [0, 0.05) is 23.7 Å². The first-order valence-electron chi connectivity index (χ1n) is 7.27. The molecule has 1 aliphatic rings. The second-order valence-electron chi connectivity index (χ2n) is 5.44. The molecule has 0 radical (unpaired) electrons. The molecule has 0 amide bonds. The molecule has 6 heteroatoms. The first kappa shape index (κ1) is 14.5. The Balaban J connectivity index is 1.86. The molecule has 1 saturated heterocycles. The highest BCUT2D eigenvalue weighted by Crippen LogP contribution is 2.33. The van der Waals surface area contributed by atoms with Gasteiger partial charge < -0.3 is 9.84 Å². The summed E-state index contributed by atoms with van der Waals surface area (Å²) in [7, 11) is 0. The molecule has 1 fully saturated rings. The predicted molar refractivity (Wildman–Crippen MR) is 84.5 cm³/mol. The number of likely N-dealkylation sites (N-methyl/N-ethyl adjacent to an activating group) is 1. The van der Waals surface area contributed by atoms with E-state index in [-0.39, 0.29) is 0 Å². The number of rotatable bonds is 4. The largest absolute Gasteiger partial charge is 0.339 e. The Labute approximate surface area is 128 Å². The second-order valence-corrected chi connectivity index (χ2v) is 6.52. The van der Waals surface area contributed by atoms with Crippen LogP contribution in [0.3, 0.4) is 0 Å². The van der Waals surface area contributed by atoms with E-state index < -0.39 is 0 Å². The number of pyridine rings is 1. The van der Waals surface area contributed by atoms with Crippen LogP contribution < -0.4 is 5.32 Å². The van der Waals surface area contributed by atoms with Gasteiger partial charge in [-0.25, -0.2) is 0 Å². The Bertz CT molecular complexity index is 628. The smallest absolute Gasteiger partial charge is 0.232 e. The highest BCUT2D eigenvalue weighted by Gasteiger charge is 2.33. The van der Waals surface area contributed by atoms with Crippen LogP contribution >= 0.6 is 11.8 Å². The molecule has 21 heavy (non-hydrogen) atoms. The first-order chi connectivity index (χ1) is 10.2. The zero-order chi connectivity index (χ0) is 14.8. The minimum atomic E-state index is 0.293. The molecule has 0 bridgehead atoms. The number of aryl methyl sites for hydroxylation is 2. The minimum absolute atomic E-state index is 0.293. The number of nitrogens with zero attached hydrogens (tertiary/aromatic N) is 3. The van der Waals surface area contributed by atoms with Crippen molar-refractivity contribution in [2.45, 2.75) is 32.7 Å². The number of hydrogen-bond acceptors (Lipinski definition) is 6. The number of nitrogens with one attached hydrogen (secondary N) is 1. The van der Waals surface area contributed by atoms with E-state index in [4.69, 9.17) is 4.52 Å². The predicted octanol–water partition coefficient (Wildman–Crippen LogP) is 2.56. The molecular formula is C15H20N4OS. The van der Waals surface area contributed by atoms with Gasteiger partial charge in [-0.1, -0.05) is 18.1 Å². The molecule has 0 aliphatic carbocycles. The van der Waals surface area contributed by atoms with Crippen LogP contribution in [-0.4, -0.2) is 39.2 Å². The van der Waals surface area contributed by atoms with Crippen molar-refractivity contribution in [1.29, 1.82) is 0 Å². The Kier molecular flexibility index (Phi) is 4.26. The monoisotopic (exact) mass is 304 g/mol. The lowest BCUT2D eigenvalue weighted by Gasteiger charge is -2.15. The van der Waals surface area contributed by atoms with Crippen LogP contribution in [0.1, 0.15) is 29.9 Å². The maximum Gasteiger partial charge on any atom is 0.232 e. The number of hydrogen-bond donors (Lipinski definition) is 1. The van der Waals surface area contributed by atoms with Crippen LogP contribution in [0, 0.1) is 13.8 Å². The van der Waals surface area contributed by atoms with Crippen molar-refractivity contribution < 1.29 is 4.52 Å². The molecular weight excluding hydrogens is 284 g/mol. The lowest BCUT2D eigenvalue weighted by Crippen LogP contribution is -2.34. The van der Waals surface area contributed by atoms with Gasteiger partial charge >= 0.3 is 0 Å². The molecule has 0 spiro atoms. The fourth-order valence-electron chi connectivity index (χ4n) is 2.69. The summed E-state index contributed by atoms with van der Waals surface area (Å²) in [6, 6.07) is 2.51. The van der Waals surface area contributed by atoms with Gasteiger partial charge in [-0.3, -0.25) is 4.98 Å². The molecule has 0 saturated carbocycles. The summed E-state index contributed by atoms with van der Waals surface area (Å²) in [6.45, 7) is 7.14. The van der Waals surface area contributed by atoms with Crippen LogP contribution in [0.25, 0.3) is 11.5 Å². The summed E-state index contributed by atoms with van der Waals surface area (Å²) in [5, 5.41) is 7.63. The topological polar surface area (TPSA) is 63.8 Å². The maximum atomic E-state index is 5.51. The molecule has 2 aromatic rings. The average Bonchev–Trinajstić information content (AvgIpc) is 3.07. The third kappa shape index (κ3) is 2.96. The lowest BCUT2D eigenvalue weighted by molar-refractivity contribution is 0.340. The average molecular weight is 304 g/mol. The van der Waals surface area contributed by atoms with Crippen molar-refractivity contribution in [3.8, 4) is 11.5 Å². The van der Waals surface area contributed by atoms with Crippen LogP contribution in [0.4, 0.5) is 0 Å². The van der Waals surface area contributed by atoms with Gasteiger partial charge in [0.05, 0.1) is 5.92 Å². The molecule has 0 aromatic carbocycles. The van der Waals surface area contributed by atoms with Gasteiger partial charge in [-0.2, -0.15) is 16.7 Å². The molecule has 3 rings (SSSR count). The highest BCUT2D eigenvalue weighted by molar-refractivity contribution is 7.99. The third-order valence-corrected chi connectivity index (χ3v) is 4.92. The van der Waals surface area contributed by atoms with Crippen molar-refractivity contribution in [2.24, 2.45) is 0 Å². The lowest BCUT2D eigenvalue weighted by atomic mass is 10.0. The van der Waals surface area contributed by atoms with Crippen LogP contribution in [0.15, 0.2) is 16.8 Å². The van der Waals surface area contributed by atoms with E-state index in [2.05, 4.69) is 33.4 Å². The molecule has 112 valence electrons. The Morgan fingerprint density at radius 3 is 3.00 bits per heavy atom. The van der Waals surface area contributed by atoms with Crippen molar-refractivity contribution in [3.05, 3.63) is 29.3 Å². The summed E-state index contributed by atoms with van der Waals surface area (Å²) in [5.74, 6) is 3.73. The van der Waals surface area contributed by atoms with E-state index >= 15 is 0 Å². The van der Waals surface area contributed by atoms with Gasteiger partial charge in [-0.15, -0.1) is 0 Å². The van der Waals surface area contributed by atoms with Gasteiger partial charge in [0.1, 0.15) is 5.69 Å². The fourth-order valence-corrected chi connectivity index (χ4v) is 4.06. The van der Waals surface area contributed by atoms with Crippen molar-refractivity contribution in [3.63, 3.8) is 0 Å². The van der Waals surface area contributed by atoms with E-state index in [0.717, 1.165) is 40.8 Å². The van der Waals surface area contributed by atoms with Crippen LogP contribution in [0.2, 0.25) is 0 Å². The van der Waals surface area contributed by atoms with Gasteiger partial charge in [-0.05, 0) is 31.5 Å². The summed E-state index contributed by atoms with van der Waals surface area (Å²) in [6.07, 6.45) is 1.84. The number of aromatic nitrogens is 3. The Hall–Kier alpha value is -1.40. The molecule has 2 atom stereocenters. The summed E-state index contributed by atoms with van der Waals surface area (Å²) < 4.78 is 5.51. The standard InChI is InChI=1S/C15H20N4OS/c1-4-16-12-8-21-7-11(12)15-18-14(19-20-15)13-10(3)5-9(2)6-17-13/h5-6,11-12,16H,4,7-8H2,1-3H3. The van der Waals surface area contributed by atoms with E-state index in [9.17, 15) is 0 Å². The first-order valence-corrected chi connectivity index (χ1v) is 8.43. The van der Waals surface area contributed by atoms with E-state index in [1.165, 1.54) is 0 Å². The Morgan fingerprint density at radius 1 is 1.38 bits per heavy atom. The van der Waals surface area contributed by atoms with Crippen LogP contribution in [-0.2, 0) is 0 Å². The Morgan fingerprint density at radius 2 is 2.24 bits per heavy atom. The van der Waals surface area contributed by atoms with Gasteiger partial charge in [0.2, 0.25) is 11.7 Å². The highest BCUT2D eigenvalue weighted by atomic mass is 32.2. The second kappa shape index (κ2) is 6.15. The van der Waals surface area contributed by atoms with Gasteiger partial charge in [0.25, 0.3) is 0 Å². The van der Waals surface area contributed by atoms with Crippen molar-refractivity contribution in [2.75, 3.05) is 18.1 Å². The van der Waals surface area contributed by atoms with Gasteiger partial charge in [0.15, 0.2) is 0 Å². The molecule has 2 unspecified atom stereocenters. The zero-order valence-electron chi connectivity index (χ0n) is 12.6. The van der Waals surface area contributed by atoms with Crippen molar-refractivity contribution >= 4 is 11.8 Å². The summed E-state index contributed by atoms with van der Waals surface area (Å²) in [4.78, 5) is 9.03. The fraction of sp³-hybridized carbons (Fsp3) is 0.533. The molecule has 1 N–H and O–H groups in total. The maximum absolute atomic E-state index is 5.51. The van der Waals surface area contributed by atoms with E-state index in [1.807, 2.05) is 31.8 Å². The van der Waals surface area contributed by atoms with Crippen molar-refractivity contribution in [1.82, 2.24) is 20.4 Å². The zero-order valence-corrected chi connectivity index (χ0v) is 13.4. The summed E-state index contributed by atoms with van der Waals surface area (Å²) >= 11 is 1.93. The molecule has 1 aliphatic heterocycles. The minimum Gasteiger partial charge on any atom is -0.339 e. The third-order valence-electron chi connectivity index (χ3n) is 3.73. The van der Waals surface area contributed by atoms with Crippen LogP contribution in [0.5, 0.6) is 0 Å². The quantitative estimate of drug-likeness (QED) is 0.936. The van der Waals surface area contributed by atoms with E-state index in [1.54, 1.807) is 0 Å².